The topological polar surface area (TPSA) is 53.0 Å². The molecule has 0 spiro atoms. The van der Waals surface area contributed by atoms with Crippen molar-refractivity contribution in [1.82, 2.24) is 4.90 Å². The van der Waals surface area contributed by atoms with Crippen LogP contribution in [0, 0.1) is 16.7 Å². The molecule has 1 saturated carbocycles. The first-order chi connectivity index (χ1) is 9.28. The molecular weight excluding hydrogens is 234 g/mol. The van der Waals surface area contributed by atoms with Crippen LogP contribution < -0.4 is 5.73 Å². The molecule has 1 aliphatic carbocycles. The van der Waals surface area contributed by atoms with Crippen molar-refractivity contribution >= 4 is 0 Å². The van der Waals surface area contributed by atoms with Gasteiger partial charge in [-0.05, 0) is 35.8 Å². The van der Waals surface area contributed by atoms with E-state index in [1.165, 1.54) is 24.0 Å². The first kappa shape index (κ1) is 12.7. The standard InChI is InChI=1S/C16H21N3/c17-9-8-16(6-7-16)12-19-10-5-13-3-1-2-4-14(13)15(19)11-18/h1-4,15H,5-8,10-12,18H2. The van der Waals surface area contributed by atoms with Crippen molar-refractivity contribution in [3.63, 3.8) is 0 Å². The van der Waals surface area contributed by atoms with Gasteiger partial charge < -0.3 is 5.73 Å². The van der Waals surface area contributed by atoms with Crippen molar-refractivity contribution in [2.45, 2.75) is 31.7 Å². The Morgan fingerprint density at radius 3 is 2.84 bits per heavy atom. The normalized spacial score (nSPS) is 24.5. The number of nitrogens with two attached hydrogens (primary N) is 1. The van der Waals surface area contributed by atoms with Crippen LogP contribution in [0.4, 0.5) is 0 Å². The van der Waals surface area contributed by atoms with Crippen molar-refractivity contribution in [3.05, 3.63) is 35.4 Å². The molecule has 3 heteroatoms. The Morgan fingerprint density at radius 2 is 2.16 bits per heavy atom. The summed E-state index contributed by atoms with van der Waals surface area (Å²) in [6.07, 6.45) is 4.21. The number of nitriles is 1. The molecule has 2 N–H and O–H groups in total. The lowest BCUT2D eigenvalue weighted by molar-refractivity contribution is 0.152. The van der Waals surface area contributed by atoms with Crippen molar-refractivity contribution in [3.8, 4) is 6.07 Å². The molecule has 3 rings (SSSR count). The molecule has 1 aromatic carbocycles. The van der Waals surface area contributed by atoms with Crippen LogP contribution in [0.3, 0.4) is 0 Å². The lowest BCUT2D eigenvalue weighted by atomic mass is 9.90. The summed E-state index contributed by atoms with van der Waals surface area (Å²) in [5.74, 6) is 0. The number of rotatable bonds is 4. The number of nitrogens with zero attached hydrogens (tertiary/aromatic N) is 2. The Bertz CT molecular complexity index is 499. The minimum Gasteiger partial charge on any atom is -0.329 e. The summed E-state index contributed by atoms with van der Waals surface area (Å²) < 4.78 is 0. The highest BCUT2D eigenvalue weighted by atomic mass is 15.2. The van der Waals surface area contributed by atoms with E-state index in [1.54, 1.807) is 0 Å². The van der Waals surface area contributed by atoms with Gasteiger partial charge in [-0.1, -0.05) is 24.3 Å². The number of hydrogen-bond acceptors (Lipinski definition) is 3. The van der Waals surface area contributed by atoms with Crippen LogP contribution in [0.2, 0.25) is 0 Å². The lowest BCUT2D eigenvalue weighted by Crippen LogP contribution is -2.42. The molecule has 19 heavy (non-hydrogen) atoms. The Morgan fingerprint density at radius 1 is 1.37 bits per heavy atom. The van der Waals surface area contributed by atoms with Gasteiger partial charge in [0.15, 0.2) is 0 Å². The summed E-state index contributed by atoms with van der Waals surface area (Å²) in [6.45, 7) is 2.78. The third-order valence-corrected chi connectivity index (χ3v) is 4.70. The maximum absolute atomic E-state index is 8.96. The second kappa shape index (κ2) is 4.96. The van der Waals surface area contributed by atoms with Crippen molar-refractivity contribution in [2.75, 3.05) is 19.6 Å². The molecule has 1 fully saturated rings. The van der Waals surface area contributed by atoms with Gasteiger partial charge in [0.1, 0.15) is 0 Å². The SMILES string of the molecule is N#CCC1(CN2CCc3ccccc3C2CN)CC1. The summed E-state index contributed by atoms with van der Waals surface area (Å²) in [4.78, 5) is 2.51. The van der Waals surface area contributed by atoms with Crippen LogP contribution in [0.5, 0.6) is 0 Å². The van der Waals surface area contributed by atoms with Crippen molar-refractivity contribution in [1.29, 1.82) is 5.26 Å². The largest absolute Gasteiger partial charge is 0.329 e. The van der Waals surface area contributed by atoms with Crippen LogP contribution in [0.15, 0.2) is 24.3 Å². The van der Waals surface area contributed by atoms with Crippen molar-refractivity contribution < 1.29 is 0 Å². The van der Waals surface area contributed by atoms with Gasteiger partial charge in [-0.2, -0.15) is 5.26 Å². The van der Waals surface area contributed by atoms with E-state index in [0.29, 0.717) is 19.0 Å². The molecule has 0 bridgehead atoms. The van der Waals surface area contributed by atoms with Crippen LogP contribution >= 0.6 is 0 Å². The molecule has 0 aromatic heterocycles. The average Bonchev–Trinajstić information content (AvgIpc) is 3.18. The maximum atomic E-state index is 8.96. The van der Waals surface area contributed by atoms with E-state index >= 15 is 0 Å². The highest BCUT2D eigenvalue weighted by molar-refractivity contribution is 5.33. The van der Waals surface area contributed by atoms with Gasteiger partial charge in [0, 0.05) is 32.1 Å². The van der Waals surface area contributed by atoms with E-state index in [0.717, 1.165) is 19.5 Å². The average molecular weight is 255 g/mol. The van der Waals surface area contributed by atoms with Crippen LogP contribution in [-0.2, 0) is 6.42 Å². The van der Waals surface area contributed by atoms with Gasteiger partial charge in [-0.15, -0.1) is 0 Å². The summed E-state index contributed by atoms with van der Waals surface area (Å²) in [5.41, 5.74) is 9.12. The Kier molecular flexibility index (Phi) is 3.30. The molecular formula is C16H21N3. The van der Waals surface area contributed by atoms with Gasteiger partial charge >= 0.3 is 0 Å². The van der Waals surface area contributed by atoms with E-state index in [2.05, 4.69) is 35.2 Å². The highest BCUT2D eigenvalue weighted by Gasteiger charge is 2.45. The molecule has 0 amide bonds. The monoisotopic (exact) mass is 255 g/mol. The minimum absolute atomic E-state index is 0.272. The first-order valence-corrected chi connectivity index (χ1v) is 7.17. The maximum Gasteiger partial charge on any atom is 0.0628 e. The Balaban J connectivity index is 1.79. The van der Waals surface area contributed by atoms with Crippen LogP contribution in [0.1, 0.15) is 36.4 Å². The third kappa shape index (κ3) is 2.39. The Hall–Kier alpha value is -1.37. The van der Waals surface area contributed by atoms with E-state index in [1.807, 2.05) is 0 Å². The van der Waals surface area contributed by atoms with Gasteiger partial charge in [-0.3, -0.25) is 4.90 Å². The summed E-state index contributed by atoms with van der Waals surface area (Å²) in [6, 6.07) is 11.3. The second-order valence-electron chi connectivity index (χ2n) is 6.01. The molecule has 1 heterocycles. The molecule has 2 aliphatic rings. The fourth-order valence-electron chi connectivity index (χ4n) is 3.33. The Labute approximate surface area is 115 Å². The summed E-state index contributed by atoms with van der Waals surface area (Å²) in [5, 5.41) is 8.96. The van der Waals surface area contributed by atoms with Gasteiger partial charge in [0.2, 0.25) is 0 Å². The van der Waals surface area contributed by atoms with Crippen LogP contribution in [-0.4, -0.2) is 24.5 Å². The first-order valence-electron chi connectivity index (χ1n) is 7.17. The molecule has 0 radical (unpaired) electrons. The number of hydrogen-bond donors (Lipinski definition) is 1. The predicted octanol–water partition coefficient (Wildman–Crippen LogP) is 2.24. The summed E-state index contributed by atoms with van der Waals surface area (Å²) in [7, 11) is 0. The smallest absolute Gasteiger partial charge is 0.0628 e. The molecule has 1 unspecified atom stereocenters. The second-order valence-corrected chi connectivity index (χ2v) is 6.01. The fraction of sp³-hybridized carbons (Fsp3) is 0.562. The lowest BCUT2D eigenvalue weighted by Gasteiger charge is -2.38. The predicted molar refractivity (Wildman–Crippen MR) is 75.4 cm³/mol. The molecule has 0 saturated heterocycles. The van der Waals surface area contributed by atoms with Crippen LogP contribution in [0.25, 0.3) is 0 Å². The van der Waals surface area contributed by atoms with Gasteiger partial charge in [-0.25, -0.2) is 0 Å². The molecule has 100 valence electrons. The molecule has 1 aromatic rings. The zero-order valence-corrected chi connectivity index (χ0v) is 11.3. The molecule has 1 aliphatic heterocycles. The van der Waals surface area contributed by atoms with E-state index in [-0.39, 0.29) is 5.41 Å². The third-order valence-electron chi connectivity index (χ3n) is 4.70. The number of fused-ring (bicyclic) bond motifs is 1. The van der Waals surface area contributed by atoms with Crippen molar-refractivity contribution in [2.24, 2.45) is 11.1 Å². The molecule has 3 nitrogen and oxygen atoms in total. The minimum atomic E-state index is 0.272. The highest BCUT2D eigenvalue weighted by Crippen LogP contribution is 2.50. The number of benzene rings is 1. The molecule has 1 atom stereocenters. The van der Waals surface area contributed by atoms with E-state index in [4.69, 9.17) is 11.0 Å². The summed E-state index contributed by atoms with van der Waals surface area (Å²) >= 11 is 0. The quantitative estimate of drug-likeness (QED) is 0.897. The van der Waals surface area contributed by atoms with E-state index < -0.39 is 0 Å². The van der Waals surface area contributed by atoms with Gasteiger partial charge in [0.25, 0.3) is 0 Å². The fourth-order valence-corrected chi connectivity index (χ4v) is 3.33. The zero-order valence-electron chi connectivity index (χ0n) is 11.3. The van der Waals surface area contributed by atoms with Gasteiger partial charge in [0.05, 0.1) is 6.07 Å². The van der Waals surface area contributed by atoms with E-state index in [9.17, 15) is 0 Å². The zero-order chi connectivity index (χ0) is 13.3.